The van der Waals surface area contributed by atoms with E-state index in [-0.39, 0.29) is 30.8 Å². The number of hydrogen-bond donors (Lipinski definition) is 1. The molecule has 22 heavy (non-hydrogen) atoms. The lowest BCUT2D eigenvalue weighted by Gasteiger charge is -2.14. The average Bonchev–Trinajstić information content (AvgIpc) is 2.91. The summed E-state index contributed by atoms with van der Waals surface area (Å²) in [5.41, 5.74) is 2.52. The van der Waals surface area contributed by atoms with Gasteiger partial charge in [0, 0.05) is 6.07 Å². The van der Waals surface area contributed by atoms with Crippen molar-refractivity contribution in [2.45, 2.75) is 25.3 Å². The zero-order chi connectivity index (χ0) is 15.4. The van der Waals surface area contributed by atoms with Gasteiger partial charge in [0.05, 0.1) is 19.1 Å². The molecule has 0 spiro atoms. The average molecular weight is 299 g/mol. The van der Waals surface area contributed by atoms with E-state index in [4.69, 9.17) is 4.74 Å². The van der Waals surface area contributed by atoms with E-state index in [0.717, 1.165) is 12.8 Å². The summed E-state index contributed by atoms with van der Waals surface area (Å²) in [6.07, 6.45) is 2.20. The molecular formula is C18H18FNO2. The molecule has 2 aromatic carbocycles. The smallest absolute Gasteiger partial charge is 0.223 e. The second-order valence-electron chi connectivity index (χ2n) is 5.41. The van der Waals surface area contributed by atoms with Crippen molar-refractivity contribution in [2.75, 3.05) is 6.61 Å². The van der Waals surface area contributed by atoms with E-state index in [1.807, 2.05) is 12.1 Å². The zero-order valence-electron chi connectivity index (χ0n) is 12.2. The largest absolute Gasteiger partial charge is 0.493 e. The normalized spacial score (nSPS) is 16.1. The number of ether oxygens (including phenoxy) is 1. The van der Waals surface area contributed by atoms with Gasteiger partial charge < -0.3 is 10.1 Å². The topological polar surface area (TPSA) is 38.3 Å². The van der Waals surface area contributed by atoms with Crippen molar-refractivity contribution < 1.29 is 13.9 Å². The van der Waals surface area contributed by atoms with Crippen LogP contribution in [-0.2, 0) is 11.2 Å². The number of benzene rings is 2. The molecule has 1 N–H and O–H groups in total. The van der Waals surface area contributed by atoms with Crippen LogP contribution in [0.3, 0.4) is 0 Å². The maximum atomic E-state index is 13.0. The van der Waals surface area contributed by atoms with Gasteiger partial charge in [0.25, 0.3) is 0 Å². The predicted molar refractivity (Wildman–Crippen MR) is 82.2 cm³/mol. The van der Waals surface area contributed by atoms with Crippen molar-refractivity contribution >= 4 is 5.91 Å². The lowest BCUT2D eigenvalue weighted by atomic mass is 10.1. The SMILES string of the molecule is O=C(CCOc1cccc(F)c1)N[C@H]1CCc2ccccc21. The van der Waals surface area contributed by atoms with E-state index in [1.165, 1.54) is 23.3 Å². The van der Waals surface area contributed by atoms with Gasteiger partial charge in [-0.05, 0) is 36.1 Å². The van der Waals surface area contributed by atoms with Gasteiger partial charge in [-0.1, -0.05) is 30.3 Å². The van der Waals surface area contributed by atoms with Crippen LogP contribution < -0.4 is 10.1 Å². The molecule has 0 bridgehead atoms. The van der Waals surface area contributed by atoms with Crippen molar-refractivity contribution in [2.24, 2.45) is 0 Å². The van der Waals surface area contributed by atoms with Crippen LogP contribution in [0.25, 0.3) is 0 Å². The number of carbonyl (C=O) groups excluding carboxylic acids is 1. The Balaban J connectivity index is 1.47. The molecule has 0 heterocycles. The maximum absolute atomic E-state index is 13.0. The number of fused-ring (bicyclic) bond motifs is 1. The maximum Gasteiger partial charge on any atom is 0.223 e. The molecule has 1 aliphatic carbocycles. The molecule has 2 aromatic rings. The summed E-state index contributed by atoms with van der Waals surface area (Å²) in [6, 6.07) is 14.2. The number of hydrogen-bond acceptors (Lipinski definition) is 2. The summed E-state index contributed by atoms with van der Waals surface area (Å²) in [4.78, 5) is 12.0. The van der Waals surface area contributed by atoms with Crippen LogP contribution in [0.1, 0.15) is 30.0 Å². The van der Waals surface area contributed by atoms with Gasteiger partial charge >= 0.3 is 0 Å². The minimum atomic E-state index is -0.343. The first-order valence-corrected chi connectivity index (χ1v) is 7.48. The monoisotopic (exact) mass is 299 g/mol. The standard InChI is InChI=1S/C18H18FNO2/c19-14-5-3-6-15(12-14)22-11-10-18(21)20-17-9-8-13-4-1-2-7-16(13)17/h1-7,12,17H,8-11H2,(H,20,21)/t17-/m0/s1. The minimum Gasteiger partial charge on any atom is -0.493 e. The van der Waals surface area contributed by atoms with Crippen molar-refractivity contribution in [3.05, 3.63) is 65.5 Å². The van der Waals surface area contributed by atoms with Crippen LogP contribution in [0, 0.1) is 5.82 Å². The second kappa shape index (κ2) is 6.60. The Kier molecular flexibility index (Phi) is 4.37. The first-order valence-electron chi connectivity index (χ1n) is 7.48. The quantitative estimate of drug-likeness (QED) is 0.919. The third kappa shape index (κ3) is 3.45. The van der Waals surface area contributed by atoms with Crippen molar-refractivity contribution in [3.8, 4) is 5.75 Å². The van der Waals surface area contributed by atoms with Crippen molar-refractivity contribution in [3.63, 3.8) is 0 Å². The molecular weight excluding hydrogens is 281 g/mol. The minimum absolute atomic E-state index is 0.0434. The Labute approximate surface area is 129 Å². The lowest BCUT2D eigenvalue weighted by Crippen LogP contribution is -2.28. The highest BCUT2D eigenvalue weighted by Crippen LogP contribution is 2.30. The van der Waals surface area contributed by atoms with E-state index in [2.05, 4.69) is 17.4 Å². The van der Waals surface area contributed by atoms with Gasteiger partial charge in [0.1, 0.15) is 11.6 Å². The van der Waals surface area contributed by atoms with Crippen LogP contribution in [0.15, 0.2) is 48.5 Å². The number of amides is 1. The van der Waals surface area contributed by atoms with E-state index < -0.39 is 0 Å². The Morgan fingerprint density at radius 2 is 2.09 bits per heavy atom. The number of carbonyl (C=O) groups is 1. The van der Waals surface area contributed by atoms with Gasteiger partial charge in [-0.3, -0.25) is 4.79 Å². The third-order valence-corrected chi connectivity index (χ3v) is 3.86. The van der Waals surface area contributed by atoms with Gasteiger partial charge in [0.2, 0.25) is 5.91 Å². The second-order valence-corrected chi connectivity index (χ2v) is 5.41. The number of rotatable bonds is 5. The highest BCUT2D eigenvalue weighted by molar-refractivity contribution is 5.76. The first kappa shape index (κ1) is 14.6. The molecule has 1 amide bonds. The van der Waals surface area contributed by atoms with Gasteiger partial charge in [-0.2, -0.15) is 0 Å². The molecule has 0 saturated carbocycles. The molecule has 0 radical (unpaired) electrons. The first-order chi connectivity index (χ1) is 10.7. The summed E-state index contributed by atoms with van der Waals surface area (Å²) < 4.78 is 18.4. The Morgan fingerprint density at radius 1 is 1.23 bits per heavy atom. The molecule has 3 rings (SSSR count). The van der Waals surface area contributed by atoms with E-state index in [9.17, 15) is 9.18 Å². The lowest BCUT2D eigenvalue weighted by molar-refractivity contribution is -0.122. The number of aryl methyl sites for hydroxylation is 1. The Bertz CT molecular complexity index is 672. The van der Waals surface area contributed by atoms with E-state index in [0.29, 0.717) is 5.75 Å². The fourth-order valence-electron chi connectivity index (χ4n) is 2.79. The van der Waals surface area contributed by atoms with Gasteiger partial charge in [0.15, 0.2) is 0 Å². The molecule has 114 valence electrons. The molecule has 0 aromatic heterocycles. The van der Waals surface area contributed by atoms with Crippen LogP contribution in [0.5, 0.6) is 5.75 Å². The molecule has 4 heteroatoms. The van der Waals surface area contributed by atoms with Crippen LogP contribution >= 0.6 is 0 Å². The summed E-state index contributed by atoms with van der Waals surface area (Å²) in [6.45, 7) is 0.240. The molecule has 3 nitrogen and oxygen atoms in total. The fourth-order valence-corrected chi connectivity index (χ4v) is 2.79. The number of halogens is 1. The Morgan fingerprint density at radius 3 is 2.95 bits per heavy atom. The molecule has 1 aliphatic rings. The summed E-state index contributed by atoms with van der Waals surface area (Å²) in [5.74, 6) is 0.0571. The van der Waals surface area contributed by atoms with Gasteiger partial charge in [-0.25, -0.2) is 4.39 Å². The molecule has 0 aliphatic heterocycles. The predicted octanol–water partition coefficient (Wildman–Crippen LogP) is 3.40. The summed E-state index contributed by atoms with van der Waals surface area (Å²) in [5, 5.41) is 3.04. The van der Waals surface area contributed by atoms with Gasteiger partial charge in [-0.15, -0.1) is 0 Å². The molecule has 0 saturated heterocycles. The summed E-state index contributed by atoms with van der Waals surface area (Å²) >= 11 is 0. The third-order valence-electron chi connectivity index (χ3n) is 3.86. The molecule has 0 fully saturated rings. The molecule has 0 unspecified atom stereocenters. The van der Waals surface area contributed by atoms with Crippen molar-refractivity contribution in [1.82, 2.24) is 5.32 Å². The zero-order valence-corrected chi connectivity index (χ0v) is 12.2. The van der Waals surface area contributed by atoms with Crippen molar-refractivity contribution in [1.29, 1.82) is 0 Å². The highest BCUT2D eigenvalue weighted by Gasteiger charge is 2.23. The fraction of sp³-hybridized carbons (Fsp3) is 0.278. The van der Waals surface area contributed by atoms with Crippen LogP contribution in [0.4, 0.5) is 4.39 Å². The highest BCUT2D eigenvalue weighted by atomic mass is 19.1. The van der Waals surface area contributed by atoms with E-state index in [1.54, 1.807) is 12.1 Å². The summed E-state index contributed by atoms with van der Waals surface area (Å²) in [7, 11) is 0. The Hall–Kier alpha value is -2.36. The van der Waals surface area contributed by atoms with Crippen LogP contribution in [-0.4, -0.2) is 12.5 Å². The molecule has 1 atom stereocenters. The number of nitrogens with one attached hydrogen (secondary N) is 1. The van der Waals surface area contributed by atoms with E-state index >= 15 is 0 Å². The van der Waals surface area contributed by atoms with Crippen LogP contribution in [0.2, 0.25) is 0 Å².